The molecule has 1 fully saturated rings. The molecule has 3 atom stereocenters. The number of hydrogen-bond donors (Lipinski definition) is 1. The van der Waals surface area contributed by atoms with Crippen molar-refractivity contribution in [3.63, 3.8) is 0 Å². The Labute approximate surface area is 111 Å². The lowest BCUT2D eigenvalue weighted by atomic mass is 9.91. The fourth-order valence-electron chi connectivity index (χ4n) is 2.74. The number of likely N-dealkylation sites (N-methyl/N-ethyl adjacent to an activating group) is 1. The van der Waals surface area contributed by atoms with Crippen molar-refractivity contribution >= 4 is 0 Å². The molecule has 2 heteroatoms. The van der Waals surface area contributed by atoms with Gasteiger partial charge in [-0.05, 0) is 49.4 Å². The molecule has 1 aromatic carbocycles. The Kier molecular flexibility index (Phi) is 4.41. The highest BCUT2D eigenvalue weighted by Gasteiger charge is 2.32. The van der Waals surface area contributed by atoms with Gasteiger partial charge in [-0.3, -0.25) is 0 Å². The van der Waals surface area contributed by atoms with Crippen molar-refractivity contribution in [2.24, 2.45) is 5.92 Å². The van der Waals surface area contributed by atoms with Crippen LogP contribution >= 0.6 is 0 Å². The van der Waals surface area contributed by atoms with Crippen LogP contribution in [-0.2, 0) is 4.74 Å². The summed E-state index contributed by atoms with van der Waals surface area (Å²) in [6.45, 7) is 10.7. The number of benzene rings is 1. The van der Waals surface area contributed by atoms with Crippen LogP contribution in [0.1, 0.15) is 43.0 Å². The van der Waals surface area contributed by atoms with Crippen LogP contribution in [0.25, 0.3) is 0 Å². The monoisotopic (exact) mass is 247 g/mol. The maximum absolute atomic E-state index is 5.94. The maximum atomic E-state index is 5.94. The second-order valence-corrected chi connectivity index (χ2v) is 5.48. The van der Waals surface area contributed by atoms with Crippen molar-refractivity contribution in [1.82, 2.24) is 5.32 Å². The van der Waals surface area contributed by atoms with Gasteiger partial charge in [0.05, 0.1) is 12.1 Å². The first kappa shape index (κ1) is 13.6. The van der Waals surface area contributed by atoms with Crippen LogP contribution in [0, 0.1) is 19.8 Å². The minimum absolute atomic E-state index is 0.312. The van der Waals surface area contributed by atoms with Crippen LogP contribution in [0.15, 0.2) is 18.2 Å². The average Bonchev–Trinajstić information content (AvgIpc) is 2.76. The SMILES string of the molecule is CCNC(c1ccc(C)c(C)c1)C1OCCC1C. The Morgan fingerprint density at radius 2 is 2.11 bits per heavy atom. The summed E-state index contributed by atoms with van der Waals surface area (Å²) >= 11 is 0. The minimum Gasteiger partial charge on any atom is -0.376 e. The molecule has 1 heterocycles. The third-order valence-corrected chi connectivity index (χ3v) is 4.09. The molecular weight excluding hydrogens is 222 g/mol. The van der Waals surface area contributed by atoms with Crippen molar-refractivity contribution in [2.45, 2.75) is 46.3 Å². The van der Waals surface area contributed by atoms with Gasteiger partial charge in [-0.1, -0.05) is 32.0 Å². The predicted octanol–water partition coefficient (Wildman–Crippen LogP) is 3.38. The van der Waals surface area contributed by atoms with Crippen molar-refractivity contribution in [2.75, 3.05) is 13.2 Å². The smallest absolute Gasteiger partial charge is 0.0795 e. The normalized spacial score (nSPS) is 25.3. The Morgan fingerprint density at radius 3 is 2.67 bits per heavy atom. The number of hydrogen-bond acceptors (Lipinski definition) is 2. The maximum Gasteiger partial charge on any atom is 0.0795 e. The van der Waals surface area contributed by atoms with Crippen molar-refractivity contribution in [3.05, 3.63) is 34.9 Å². The zero-order chi connectivity index (χ0) is 13.1. The van der Waals surface area contributed by atoms with Gasteiger partial charge in [0.25, 0.3) is 0 Å². The van der Waals surface area contributed by atoms with E-state index in [0.717, 1.165) is 13.2 Å². The van der Waals surface area contributed by atoms with E-state index in [-0.39, 0.29) is 0 Å². The quantitative estimate of drug-likeness (QED) is 0.880. The van der Waals surface area contributed by atoms with Gasteiger partial charge in [0.15, 0.2) is 0 Å². The standard InChI is InChI=1S/C16H25NO/c1-5-17-15(16-12(3)8-9-18-16)14-7-6-11(2)13(4)10-14/h6-7,10,12,15-17H,5,8-9H2,1-4H3. The van der Waals surface area contributed by atoms with E-state index in [9.17, 15) is 0 Å². The van der Waals surface area contributed by atoms with Gasteiger partial charge in [-0.25, -0.2) is 0 Å². The van der Waals surface area contributed by atoms with E-state index in [2.05, 4.69) is 51.2 Å². The van der Waals surface area contributed by atoms with Crippen molar-refractivity contribution in [1.29, 1.82) is 0 Å². The van der Waals surface area contributed by atoms with Crippen molar-refractivity contribution in [3.8, 4) is 0 Å². The molecule has 1 saturated heterocycles. The highest BCUT2D eigenvalue weighted by Crippen LogP contribution is 2.31. The Balaban J connectivity index is 2.25. The number of rotatable bonds is 4. The molecule has 1 N–H and O–H groups in total. The Hall–Kier alpha value is -0.860. The lowest BCUT2D eigenvalue weighted by Crippen LogP contribution is -2.34. The van der Waals surface area contributed by atoms with Gasteiger partial charge in [-0.2, -0.15) is 0 Å². The van der Waals surface area contributed by atoms with E-state index in [1.54, 1.807) is 0 Å². The molecule has 1 aliphatic heterocycles. The van der Waals surface area contributed by atoms with E-state index >= 15 is 0 Å². The lowest BCUT2D eigenvalue weighted by Gasteiger charge is -2.27. The van der Waals surface area contributed by atoms with Gasteiger partial charge in [-0.15, -0.1) is 0 Å². The van der Waals surface area contributed by atoms with Crippen molar-refractivity contribution < 1.29 is 4.74 Å². The molecule has 3 unspecified atom stereocenters. The topological polar surface area (TPSA) is 21.3 Å². The fraction of sp³-hybridized carbons (Fsp3) is 0.625. The molecule has 0 saturated carbocycles. The van der Waals surface area contributed by atoms with E-state index < -0.39 is 0 Å². The van der Waals surface area contributed by atoms with E-state index in [4.69, 9.17) is 4.74 Å². The van der Waals surface area contributed by atoms with Gasteiger partial charge in [0, 0.05) is 6.61 Å². The third kappa shape index (κ3) is 2.76. The highest BCUT2D eigenvalue weighted by atomic mass is 16.5. The van der Waals surface area contributed by atoms with E-state index in [0.29, 0.717) is 18.1 Å². The largest absolute Gasteiger partial charge is 0.376 e. The van der Waals surface area contributed by atoms with E-state index in [1.165, 1.54) is 23.1 Å². The number of aryl methyl sites for hydroxylation is 2. The Morgan fingerprint density at radius 1 is 1.33 bits per heavy atom. The van der Waals surface area contributed by atoms with Crippen LogP contribution in [0.4, 0.5) is 0 Å². The van der Waals surface area contributed by atoms with Crippen LogP contribution in [0.5, 0.6) is 0 Å². The van der Waals surface area contributed by atoms with Crippen LogP contribution in [0.3, 0.4) is 0 Å². The van der Waals surface area contributed by atoms with Gasteiger partial charge >= 0.3 is 0 Å². The highest BCUT2D eigenvalue weighted by molar-refractivity contribution is 5.32. The molecule has 2 rings (SSSR count). The zero-order valence-electron chi connectivity index (χ0n) is 12.0. The van der Waals surface area contributed by atoms with Crippen LogP contribution in [0.2, 0.25) is 0 Å². The van der Waals surface area contributed by atoms with Gasteiger partial charge in [0.2, 0.25) is 0 Å². The zero-order valence-corrected chi connectivity index (χ0v) is 12.0. The molecule has 2 nitrogen and oxygen atoms in total. The summed E-state index contributed by atoms with van der Waals surface area (Å²) < 4.78 is 5.94. The molecule has 18 heavy (non-hydrogen) atoms. The summed E-state index contributed by atoms with van der Waals surface area (Å²) in [5.74, 6) is 0.635. The summed E-state index contributed by atoms with van der Waals surface area (Å²) in [6.07, 6.45) is 1.49. The molecule has 1 aromatic rings. The first-order valence-electron chi connectivity index (χ1n) is 7.05. The van der Waals surface area contributed by atoms with Gasteiger partial charge < -0.3 is 10.1 Å². The summed E-state index contributed by atoms with van der Waals surface area (Å²) in [4.78, 5) is 0. The number of nitrogens with one attached hydrogen (secondary N) is 1. The Bertz CT molecular complexity index is 402. The predicted molar refractivity (Wildman–Crippen MR) is 75.9 cm³/mol. The molecule has 0 radical (unpaired) electrons. The fourth-order valence-corrected chi connectivity index (χ4v) is 2.74. The molecule has 0 spiro atoms. The third-order valence-electron chi connectivity index (χ3n) is 4.09. The van der Waals surface area contributed by atoms with Crippen LogP contribution < -0.4 is 5.32 Å². The minimum atomic E-state index is 0.312. The van der Waals surface area contributed by atoms with Crippen LogP contribution in [-0.4, -0.2) is 19.3 Å². The lowest BCUT2D eigenvalue weighted by molar-refractivity contribution is 0.0612. The number of ether oxygens (including phenoxy) is 1. The molecule has 0 aromatic heterocycles. The van der Waals surface area contributed by atoms with Gasteiger partial charge in [0.1, 0.15) is 0 Å². The average molecular weight is 247 g/mol. The molecule has 1 aliphatic rings. The summed E-state index contributed by atoms with van der Waals surface area (Å²) in [5.41, 5.74) is 4.08. The summed E-state index contributed by atoms with van der Waals surface area (Å²) in [5, 5.41) is 3.59. The molecule has 100 valence electrons. The summed E-state index contributed by atoms with van der Waals surface area (Å²) in [7, 11) is 0. The second kappa shape index (κ2) is 5.85. The summed E-state index contributed by atoms with van der Waals surface area (Å²) in [6, 6.07) is 7.09. The molecule has 0 amide bonds. The molecule has 0 aliphatic carbocycles. The van der Waals surface area contributed by atoms with E-state index in [1.807, 2.05) is 0 Å². The second-order valence-electron chi connectivity index (χ2n) is 5.48. The molecular formula is C16H25NO. The molecule has 0 bridgehead atoms. The first-order chi connectivity index (χ1) is 8.63. The first-order valence-corrected chi connectivity index (χ1v) is 7.05.